The molecule has 2 rings (SSSR count). The lowest BCUT2D eigenvalue weighted by Gasteiger charge is -2.32. The fourth-order valence-corrected chi connectivity index (χ4v) is 5.37. The van der Waals surface area contributed by atoms with Crippen molar-refractivity contribution in [3.05, 3.63) is 33.0 Å². The van der Waals surface area contributed by atoms with Crippen molar-refractivity contribution < 1.29 is 4.39 Å². The standard InChI is InChI=1S/C12H14BrClFNS2/c1-6-12(18-5-4-17-6)11(16)7-2-3-8(13)9(14)10(7)15/h2-3,6,11-12H,4-5,16H2,1H3. The fraction of sp³-hybridized carbons (Fsp3) is 0.500. The summed E-state index contributed by atoms with van der Waals surface area (Å²) in [6.07, 6.45) is 0. The average molecular weight is 371 g/mol. The molecule has 100 valence electrons. The van der Waals surface area contributed by atoms with Gasteiger partial charge in [0.05, 0.1) is 5.02 Å². The molecule has 0 aromatic heterocycles. The van der Waals surface area contributed by atoms with Crippen molar-refractivity contribution >= 4 is 51.1 Å². The van der Waals surface area contributed by atoms with E-state index >= 15 is 0 Å². The molecule has 0 saturated carbocycles. The van der Waals surface area contributed by atoms with E-state index in [1.807, 2.05) is 23.5 Å². The van der Waals surface area contributed by atoms with Crippen LogP contribution in [-0.2, 0) is 0 Å². The highest BCUT2D eigenvalue weighted by Crippen LogP contribution is 2.39. The Morgan fingerprint density at radius 2 is 2.11 bits per heavy atom. The average Bonchev–Trinajstić information content (AvgIpc) is 2.36. The van der Waals surface area contributed by atoms with Gasteiger partial charge in [-0.05, 0) is 22.0 Å². The normalized spacial score (nSPS) is 26.1. The predicted molar refractivity (Wildman–Crippen MR) is 84.2 cm³/mol. The SMILES string of the molecule is CC1SCCSC1C(N)c1ccc(Br)c(Cl)c1F. The molecule has 3 atom stereocenters. The molecule has 1 heterocycles. The van der Waals surface area contributed by atoms with Crippen LogP contribution in [0.5, 0.6) is 0 Å². The molecule has 2 N–H and O–H groups in total. The van der Waals surface area contributed by atoms with E-state index in [1.165, 1.54) is 0 Å². The zero-order valence-corrected chi connectivity index (χ0v) is 13.8. The summed E-state index contributed by atoms with van der Waals surface area (Å²) in [5.41, 5.74) is 6.74. The Labute approximate surface area is 129 Å². The van der Waals surface area contributed by atoms with Crippen LogP contribution in [0.4, 0.5) is 4.39 Å². The van der Waals surface area contributed by atoms with E-state index < -0.39 is 5.82 Å². The number of hydrogen-bond donors (Lipinski definition) is 1. The number of rotatable bonds is 2. The molecule has 0 aliphatic carbocycles. The minimum absolute atomic E-state index is 0.115. The molecule has 18 heavy (non-hydrogen) atoms. The summed E-state index contributed by atoms with van der Waals surface area (Å²) in [5, 5.41) is 0.778. The summed E-state index contributed by atoms with van der Waals surface area (Å²) in [4.78, 5) is 0. The molecule has 0 radical (unpaired) electrons. The second-order valence-electron chi connectivity index (χ2n) is 4.20. The van der Waals surface area contributed by atoms with Crippen LogP contribution in [0.3, 0.4) is 0 Å². The van der Waals surface area contributed by atoms with Gasteiger partial charge in [0.1, 0.15) is 5.82 Å². The highest BCUT2D eigenvalue weighted by molar-refractivity contribution is 9.10. The maximum Gasteiger partial charge on any atom is 0.147 e. The van der Waals surface area contributed by atoms with E-state index in [0.29, 0.717) is 15.3 Å². The summed E-state index contributed by atoms with van der Waals surface area (Å²) in [6.45, 7) is 2.15. The van der Waals surface area contributed by atoms with Crippen LogP contribution in [0.1, 0.15) is 18.5 Å². The Kier molecular flexibility index (Phi) is 5.29. The van der Waals surface area contributed by atoms with Gasteiger partial charge in [0, 0.05) is 38.1 Å². The first kappa shape index (κ1) is 15.0. The zero-order chi connectivity index (χ0) is 13.3. The molecule has 1 aromatic carbocycles. The van der Waals surface area contributed by atoms with Gasteiger partial charge in [0.25, 0.3) is 0 Å². The Morgan fingerprint density at radius 3 is 2.78 bits per heavy atom. The summed E-state index contributed by atoms with van der Waals surface area (Å²) in [5.74, 6) is 1.81. The number of halogens is 3. The quantitative estimate of drug-likeness (QED) is 0.777. The van der Waals surface area contributed by atoms with Crippen LogP contribution >= 0.6 is 51.1 Å². The fourth-order valence-electron chi connectivity index (χ4n) is 2.02. The number of hydrogen-bond acceptors (Lipinski definition) is 3. The van der Waals surface area contributed by atoms with E-state index in [-0.39, 0.29) is 16.3 Å². The minimum atomic E-state index is -0.401. The minimum Gasteiger partial charge on any atom is -0.323 e. The second-order valence-corrected chi connectivity index (χ2v) is 8.21. The lowest BCUT2D eigenvalue weighted by atomic mass is 10.0. The van der Waals surface area contributed by atoms with Crippen molar-refractivity contribution in [1.82, 2.24) is 0 Å². The van der Waals surface area contributed by atoms with E-state index in [2.05, 4.69) is 22.9 Å². The first-order valence-corrected chi connectivity index (χ1v) is 8.91. The summed E-state index contributed by atoms with van der Waals surface area (Å²) in [7, 11) is 0. The van der Waals surface area contributed by atoms with E-state index in [9.17, 15) is 4.39 Å². The second kappa shape index (κ2) is 6.35. The van der Waals surface area contributed by atoms with Crippen LogP contribution < -0.4 is 5.73 Å². The van der Waals surface area contributed by atoms with Gasteiger partial charge in [-0.2, -0.15) is 23.5 Å². The van der Waals surface area contributed by atoms with Gasteiger partial charge in [0.15, 0.2) is 0 Å². The molecule has 0 spiro atoms. The maximum absolute atomic E-state index is 14.1. The van der Waals surface area contributed by atoms with E-state index in [1.54, 1.807) is 12.1 Å². The smallest absolute Gasteiger partial charge is 0.147 e. The maximum atomic E-state index is 14.1. The first-order valence-electron chi connectivity index (χ1n) is 5.64. The Bertz CT molecular complexity index is 446. The van der Waals surface area contributed by atoms with E-state index in [0.717, 1.165) is 11.5 Å². The van der Waals surface area contributed by atoms with Crippen molar-refractivity contribution in [3.63, 3.8) is 0 Å². The number of nitrogens with two attached hydrogens (primary N) is 1. The molecule has 3 unspecified atom stereocenters. The van der Waals surface area contributed by atoms with Crippen LogP contribution in [0.2, 0.25) is 5.02 Å². The van der Waals surface area contributed by atoms with Crippen LogP contribution in [0.15, 0.2) is 16.6 Å². The monoisotopic (exact) mass is 369 g/mol. The Morgan fingerprint density at radius 1 is 1.44 bits per heavy atom. The van der Waals surface area contributed by atoms with E-state index in [4.69, 9.17) is 17.3 Å². The molecule has 1 aliphatic rings. The molecule has 1 aromatic rings. The topological polar surface area (TPSA) is 26.0 Å². The van der Waals surface area contributed by atoms with Gasteiger partial charge < -0.3 is 5.73 Å². The molecule has 1 nitrogen and oxygen atoms in total. The van der Waals surface area contributed by atoms with Gasteiger partial charge in [0.2, 0.25) is 0 Å². The first-order chi connectivity index (χ1) is 8.52. The molecular formula is C12H14BrClFNS2. The molecule has 0 bridgehead atoms. The third-order valence-electron chi connectivity index (χ3n) is 3.02. The molecule has 1 aliphatic heterocycles. The Hall–Kier alpha value is 0.580. The van der Waals surface area contributed by atoms with Crippen molar-refractivity contribution in [2.24, 2.45) is 5.73 Å². The third-order valence-corrected chi connectivity index (χ3v) is 7.49. The van der Waals surface area contributed by atoms with Gasteiger partial charge >= 0.3 is 0 Å². The van der Waals surface area contributed by atoms with Crippen molar-refractivity contribution in [2.75, 3.05) is 11.5 Å². The summed E-state index contributed by atoms with van der Waals surface area (Å²) >= 11 is 12.9. The lowest BCUT2D eigenvalue weighted by Crippen LogP contribution is -2.34. The Balaban J connectivity index is 2.28. The molecule has 6 heteroatoms. The van der Waals surface area contributed by atoms with Gasteiger partial charge in [-0.25, -0.2) is 4.39 Å². The third kappa shape index (κ3) is 3.01. The van der Waals surface area contributed by atoms with Gasteiger partial charge in [-0.3, -0.25) is 0 Å². The highest BCUT2D eigenvalue weighted by Gasteiger charge is 2.31. The number of benzene rings is 1. The van der Waals surface area contributed by atoms with Gasteiger partial charge in [-0.1, -0.05) is 24.6 Å². The molecule has 1 saturated heterocycles. The molecule has 1 fully saturated rings. The van der Waals surface area contributed by atoms with Crippen LogP contribution in [0.25, 0.3) is 0 Å². The van der Waals surface area contributed by atoms with Crippen molar-refractivity contribution in [1.29, 1.82) is 0 Å². The van der Waals surface area contributed by atoms with Crippen LogP contribution in [0, 0.1) is 5.82 Å². The predicted octanol–water partition coefficient (Wildman–Crippen LogP) is 4.48. The van der Waals surface area contributed by atoms with Crippen molar-refractivity contribution in [3.8, 4) is 0 Å². The molecule has 0 amide bonds. The van der Waals surface area contributed by atoms with Crippen molar-refractivity contribution in [2.45, 2.75) is 23.5 Å². The van der Waals surface area contributed by atoms with Crippen LogP contribution in [-0.4, -0.2) is 22.0 Å². The summed E-state index contributed by atoms with van der Waals surface area (Å²) in [6, 6.07) is 3.16. The van der Waals surface area contributed by atoms with Gasteiger partial charge in [-0.15, -0.1) is 0 Å². The summed E-state index contributed by atoms with van der Waals surface area (Å²) < 4.78 is 14.7. The molecular weight excluding hydrogens is 357 g/mol. The number of thioether (sulfide) groups is 2. The lowest BCUT2D eigenvalue weighted by molar-refractivity contribution is 0.568. The largest absolute Gasteiger partial charge is 0.323 e. The highest BCUT2D eigenvalue weighted by atomic mass is 79.9. The zero-order valence-electron chi connectivity index (χ0n) is 9.83.